The zero-order valence-electron chi connectivity index (χ0n) is 14.1. The highest BCUT2D eigenvalue weighted by molar-refractivity contribution is 7.15. The maximum absolute atomic E-state index is 5.60. The highest BCUT2D eigenvalue weighted by atomic mass is 32.1. The quantitative estimate of drug-likeness (QED) is 0.719. The molecule has 0 amide bonds. The van der Waals surface area contributed by atoms with E-state index in [2.05, 4.69) is 45.0 Å². The number of nitrogens with one attached hydrogen (secondary N) is 1. The third-order valence-corrected chi connectivity index (χ3v) is 4.14. The Kier molecular flexibility index (Phi) is 8.18. The maximum Gasteiger partial charge on any atom is 0.185 e. The first-order valence-electron chi connectivity index (χ1n) is 7.47. The summed E-state index contributed by atoms with van der Waals surface area (Å²) in [6.45, 7) is 11.3. The Morgan fingerprint density at radius 3 is 2.57 bits per heavy atom. The Balaban J connectivity index is 2.66. The Labute approximate surface area is 132 Å². The highest BCUT2D eigenvalue weighted by Crippen LogP contribution is 2.26. The molecule has 0 aliphatic heterocycles. The van der Waals surface area contributed by atoms with Gasteiger partial charge in [-0.2, -0.15) is 0 Å². The van der Waals surface area contributed by atoms with E-state index in [0.717, 1.165) is 23.9 Å². The highest BCUT2D eigenvalue weighted by Gasteiger charge is 2.14. The summed E-state index contributed by atoms with van der Waals surface area (Å²) in [4.78, 5) is 8.09. The summed E-state index contributed by atoms with van der Waals surface area (Å²) in [5.41, 5.74) is 1.03. The summed E-state index contributed by atoms with van der Waals surface area (Å²) in [7, 11) is 3.76. The SMILES string of the molecule is COCc1nc(N(C)CCOC(C)C)sc1CNC(C)C. The fourth-order valence-electron chi connectivity index (χ4n) is 1.74. The standard InChI is InChI=1S/C15H29N3O2S/c1-11(2)16-9-14-13(10-19-6)17-15(21-14)18(5)7-8-20-12(3)4/h11-12,16H,7-10H2,1-6H3. The first kappa shape index (κ1) is 18.4. The molecule has 0 radical (unpaired) electrons. The van der Waals surface area contributed by atoms with Gasteiger partial charge in [0.15, 0.2) is 5.13 Å². The van der Waals surface area contributed by atoms with Crippen LogP contribution < -0.4 is 10.2 Å². The van der Waals surface area contributed by atoms with E-state index >= 15 is 0 Å². The predicted octanol–water partition coefficient (Wildman–Crippen LogP) is 2.65. The number of ether oxygens (including phenoxy) is 2. The zero-order chi connectivity index (χ0) is 15.8. The van der Waals surface area contributed by atoms with Crippen LogP contribution in [0, 0.1) is 0 Å². The molecule has 0 bridgehead atoms. The molecule has 1 aromatic heterocycles. The minimum Gasteiger partial charge on any atom is -0.378 e. The molecule has 0 saturated heterocycles. The van der Waals surface area contributed by atoms with Gasteiger partial charge in [-0.15, -0.1) is 11.3 Å². The van der Waals surface area contributed by atoms with Gasteiger partial charge in [0.2, 0.25) is 0 Å². The van der Waals surface area contributed by atoms with Gasteiger partial charge in [-0.05, 0) is 13.8 Å². The summed E-state index contributed by atoms with van der Waals surface area (Å²) >= 11 is 1.73. The molecular formula is C15H29N3O2S. The molecule has 1 rings (SSSR count). The maximum atomic E-state index is 5.60. The van der Waals surface area contributed by atoms with Gasteiger partial charge in [-0.25, -0.2) is 4.98 Å². The van der Waals surface area contributed by atoms with E-state index in [1.807, 2.05) is 0 Å². The Bertz CT molecular complexity index is 408. The lowest BCUT2D eigenvalue weighted by molar-refractivity contribution is 0.0846. The van der Waals surface area contributed by atoms with Gasteiger partial charge in [-0.3, -0.25) is 0 Å². The third-order valence-electron chi connectivity index (χ3n) is 2.92. The number of aromatic nitrogens is 1. The molecule has 0 saturated carbocycles. The largest absolute Gasteiger partial charge is 0.378 e. The normalized spacial score (nSPS) is 11.6. The van der Waals surface area contributed by atoms with E-state index in [1.165, 1.54) is 4.88 Å². The number of nitrogens with zero attached hydrogens (tertiary/aromatic N) is 2. The van der Waals surface area contributed by atoms with Crippen LogP contribution in [0.3, 0.4) is 0 Å². The van der Waals surface area contributed by atoms with Crippen LogP contribution in [-0.4, -0.2) is 44.4 Å². The van der Waals surface area contributed by atoms with Crippen molar-refractivity contribution in [1.82, 2.24) is 10.3 Å². The van der Waals surface area contributed by atoms with Crippen LogP contribution >= 0.6 is 11.3 Å². The predicted molar refractivity (Wildman–Crippen MR) is 89.2 cm³/mol. The molecule has 0 aromatic carbocycles. The van der Waals surface area contributed by atoms with Gasteiger partial charge in [-0.1, -0.05) is 13.8 Å². The molecule has 21 heavy (non-hydrogen) atoms. The monoisotopic (exact) mass is 315 g/mol. The van der Waals surface area contributed by atoms with Crippen molar-refractivity contribution in [2.24, 2.45) is 0 Å². The topological polar surface area (TPSA) is 46.6 Å². The van der Waals surface area contributed by atoms with E-state index in [4.69, 9.17) is 14.5 Å². The molecule has 122 valence electrons. The van der Waals surface area contributed by atoms with Gasteiger partial charge < -0.3 is 19.7 Å². The minimum atomic E-state index is 0.268. The van der Waals surface area contributed by atoms with Crippen LogP contribution in [-0.2, 0) is 22.6 Å². The molecule has 1 aromatic rings. The molecule has 1 heterocycles. The van der Waals surface area contributed by atoms with Crippen LogP contribution in [0.4, 0.5) is 5.13 Å². The van der Waals surface area contributed by atoms with Crippen LogP contribution in [0.25, 0.3) is 0 Å². The Morgan fingerprint density at radius 1 is 1.29 bits per heavy atom. The van der Waals surface area contributed by atoms with Gasteiger partial charge >= 0.3 is 0 Å². The van der Waals surface area contributed by atoms with Crippen molar-refractivity contribution in [2.75, 3.05) is 32.2 Å². The second-order valence-corrected chi connectivity index (χ2v) is 6.74. The molecule has 0 aliphatic carbocycles. The van der Waals surface area contributed by atoms with Gasteiger partial charge in [0.05, 0.1) is 25.0 Å². The summed E-state index contributed by atoms with van der Waals surface area (Å²) < 4.78 is 10.8. The molecule has 1 N–H and O–H groups in total. The van der Waals surface area contributed by atoms with Crippen molar-refractivity contribution < 1.29 is 9.47 Å². The lowest BCUT2D eigenvalue weighted by Gasteiger charge is -2.16. The summed E-state index contributed by atoms with van der Waals surface area (Å²) in [6, 6.07) is 0.461. The molecule has 0 fully saturated rings. The fraction of sp³-hybridized carbons (Fsp3) is 0.800. The van der Waals surface area contributed by atoms with Crippen molar-refractivity contribution in [2.45, 2.75) is 53.0 Å². The summed E-state index contributed by atoms with van der Waals surface area (Å²) in [5.74, 6) is 0. The first-order valence-corrected chi connectivity index (χ1v) is 8.29. The van der Waals surface area contributed by atoms with Crippen LogP contribution in [0.15, 0.2) is 0 Å². The van der Waals surface area contributed by atoms with Crippen molar-refractivity contribution in [3.05, 3.63) is 10.6 Å². The number of anilines is 1. The molecule has 0 unspecified atom stereocenters. The molecule has 0 spiro atoms. The third kappa shape index (κ3) is 6.74. The second kappa shape index (κ2) is 9.35. The molecular weight excluding hydrogens is 286 g/mol. The van der Waals surface area contributed by atoms with Gasteiger partial charge in [0.1, 0.15) is 0 Å². The Hall–Kier alpha value is -0.690. The minimum absolute atomic E-state index is 0.268. The average Bonchev–Trinajstić information content (AvgIpc) is 2.79. The van der Waals surface area contributed by atoms with E-state index in [1.54, 1.807) is 18.4 Å². The number of rotatable bonds is 10. The van der Waals surface area contributed by atoms with Crippen LogP contribution in [0.1, 0.15) is 38.3 Å². The first-order chi connectivity index (χ1) is 9.93. The van der Waals surface area contributed by atoms with E-state index in [9.17, 15) is 0 Å². The van der Waals surface area contributed by atoms with E-state index < -0.39 is 0 Å². The van der Waals surface area contributed by atoms with Crippen molar-refractivity contribution in [3.63, 3.8) is 0 Å². The van der Waals surface area contributed by atoms with Crippen molar-refractivity contribution in [3.8, 4) is 0 Å². The number of hydrogen-bond acceptors (Lipinski definition) is 6. The average molecular weight is 315 g/mol. The van der Waals surface area contributed by atoms with Gasteiger partial charge in [0, 0.05) is 38.2 Å². The lowest BCUT2D eigenvalue weighted by Crippen LogP contribution is -2.23. The van der Waals surface area contributed by atoms with Gasteiger partial charge in [0.25, 0.3) is 0 Å². The number of hydrogen-bond donors (Lipinski definition) is 1. The molecule has 0 atom stereocenters. The van der Waals surface area contributed by atoms with E-state index in [-0.39, 0.29) is 6.10 Å². The van der Waals surface area contributed by atoms with Crippen molar-refractivity contribution >= 4 is 16.5 Å². The van der Waals surface area contributed by atoms with Crippen molar-refractivity contribution in [1.29, 1.82) is 0 Å². The number of likely N-dealkylation sites (N-methyl/N-ethyl adjacent to an activating group) is 1. The summed E-state index contributed by atoms with van der Waals surface area (Å²) in [5, 5.41) is 4.47. The second-order valence-electron chi connectivity index (χ2n) is 5.68. The fourth-order valence-corrected chi connectivity index (χ4v) is 2.74. The van der Waals surface area contributed by atoms with E-state index in [0.29, 0.717) is 19.3 Å². The molecule has 5 nitrogen and oxygen atoms in total. The number of methoxy groups -OCH3 is 1. The zero-order valence-corrected chi connectivity index (χ0v) is 14.9. The molecule has 0 aliphatic rings. The molecule has 6 heteroatoms. The Morgan fingerprint density at radius 2 is 2.00 bits per heavy atom. The lowest BCUT2D eigenvalue weighted by atomic mass is 10.3. The summed E-state index contributed by atoms with van der Waals surface area (Å²) in [6.07, 6.45) is 0.268. The van der Waals surface area contributed by atoms with Crippen LogP contribution in [0.5, 0.6) is 0 Å². The number of thiazole rings is 1. The van der Waals surface area contributed by atoms with Crippen LogP contribution in [0.2, 0.25) is 0 Å². The smallest absolute Gasteiger partial charge is 0.185 e.